The molecule has 1 aromatic carbocycles. The number of carbonyl (C=O) groups is 2. The second-order valence-electron chi connectivity index (χ2n) is 9.60. The smallest absolute Gasteiger partial charge is 0.406 e. The SMILES string of the molecule is CC(F)(F)c1ccnc(CNC(=O)c2cn(CC(F)CCc3nnc(NC(=O)Cc4cc(OC(F)(F)F)ccc4F)s3)nn2)c1. The topological polar surface area (TPSA) is 137 Å². The van der Waals surface area contributed by atoms with Crippen molar-refractivity contribution in [3.63, 3.8) is 0 Å². The molecule has 0 spiro atoms. The van der Waals surface area contributed by atoms with Gasteiger partial charge in [-0.25, -0.2) is 22.2 Å². The Morgan fingerprint density at radius 1 is 1.09 bits per heavy atom. The van der Waals surface area contributed by atoms with Gasteiger partial charge in [-0.15, -0.1) is 28.5 Å². The summed E-state index contributed by atoms with van der Waals surface area (Å²) in [6.45, 7) is 0.347. The van der Waals surface area contributed by atoms with Crippen LogP contribution in [0.15, 0.2) is 42.7 Å². The van der Waals surface area contributed by atoms with Gasteiger partial charge in [0.25, 0.3) is 11.8 Å². The third-order valence-electron chi connectivity index (χ3n) is 5.90. The summed E-state index contributed by atoms with van der Waals surface area (Å²) >= 11 is 0.927. The van der Waals surface area contributed by atoms with Crippen LogP contribution in [0, 0.1) is 5.82 Å². The van der Waals surface area contributed by atoms with Crippen molar-refractivity contribution in [2.45, 2.75) is 57.7 Å². The van der Waals surface area contributed by atoms with Crippen molar-refractivity contribution < 1.29 is 45.1 Å². The Hall–Kier alpha value is -4.68. The first kappa shape index (κ1) is 33.2. The molecule has 0 saturated carbocycles. The molecule has 2 amide bonds. The highest BCUT2D eigenvalue weighted by Gasteiger charge is 2.31. The zero-order valence-electron chi connectivity index (χ0n) is 23.1. The maximum absolute atomic E-state index is 14.6. The standard InChI is InChI=1S/C26H23F7N8O3S/c1-25(29,30)15-6-7-34-17(10-15)11-35-23(43)20-13-41(40-37-20)12-16(27)2-5-22-38-39-24(45-22)36-21(42)9-14-8-18(3-4-19(14)28)44-26(31,32)33/h3-4,6-8,10,13,16H,2,5,9,11-12H2,1H3,(H,35,43)(H,36,39,42). The summed E-state index contributed by atoms with van der Waals surface area (Å²) in [6.07, 6.45) is -4.53. The molecule has 1 unspecified atom stereocenters. The van der Waals surface area contributed by atoms with E-state index in [1.54, 1.807) is 0 Å². The van der Waals surface area contributed by atoms with E-state index >= 15 is 0 Å². The van der Waals surface area contributed by atoms with Crippen LogP contribution in [0.25, 0.3) is 0 Å². The predicted octanol–water partition coefficient (Wildman–Crippen LogP) is 4.76. The molecule has 3 heterocycles. The molecule has 0 aliphatic heterocycles. The van der Waals surface area contributed by atoms with E-state index in [-0.39, 0.29) is 53.6 Å². The number of rotatable bonds is 13. The molecule has 240 valence electrons. The van der Waals surface area contributed by atoms with E-state index in [9.17, 15) is 40.3 Å². The number of hydrogen-bond donors (Lipinski definition) is 2. The second kappa shape index (κ2) is 14.0. The summed E-state index contributed by atoms with van der Waals surface area (Å²) in [5, 5.41) is 20.3. The van der Waals surface area contributed by atoms with E-state index in [0.29, 0.717) is 5.01 Å². The van der Waals surface area contributed by atoms with Crippen molar-refractivity contribution in [2.75, 3.05) is 5.32 Å². The average molecular weight is 661 g/mol. The van der Waals surface area contributed by atoms with Gasteiger partial charge in [0.15, 0.2) is 5.69 Å². The summed E-state index contributed by atoms with van der Waals surface area (Å²) in [4.78, 5) is 28.6. The first-order valence-corrected chi connectivity index (χ1v) is 13.8. The zero-order valence-corrected chi connectivity index (χ0v) is 23.9. The van der Waals surface area contributed by atoms with Crippen LogP contribution in [0.2, 0.25) is 0 Å². The highest BCUT2D eigenvalue weighted by atomic mass is 32.1. The fourth-order valence-corrected chi connectivity index (χ4v) is 4.57. The second-order valence-corrected chi connectivity index (χ2v) is 10.7. The van der Waals surface area contributed by atoms with Crippen molar-refractivity contribution >= 4 is 28.3 Å². The number of aryl methyl sites for hydroxylation is 1. The number of halogens is 7. The molecular weight excluding hydrogens is 637 g/mol. The van der Waals surface area contributed by atoms with Gasteiger partial charge in [0.05, 0.1) is 31.4 Å². The highest BCUT2D eigenvalue weighted by Crippen LogP contribution is 2.27. The molecule has 2 N–H and O–H groups in total. The Morgan fingerprint density at radius 3 is 2.60 bits per heavy atom. The summed E-state index contributed by atoms with van der Waals surface area (Å²) in [5.41, 5.74) is -0.505. The van der Waals surface area contributed by atoms with Crippen LogP contribution in [0.4, 0.5) is 35.9 Å². The number of benzene rings is 1. The normalized spacial score (nSPS) is 12.5. The van der Waals surface area contributed by atoms with Gasteiger partial charge in [-0.1, -0.05) is 16.6 Å². The Balaban J connectivity index is 1.22. The number of ether oxygens (including phenoxy) is 1. The highest BCUT2D eigenvalue weighted by molar-refractivity contribution is 7.15. The number of pyridine rings is 1. The first-order valence-electron chi connectivity index (χ1n) is 13.0. The first-order chi connectivity index (χ1) is 21.1. The maximum atomic E-state index is 14.6. The molecule has 11 nitrogen and oxygen atoms in total. The zero-order chi connectivity index (χ0) is 32.8. The van der Waals surface area contributed by atoms with Gasteiger partial charge in [-0.3, -0.25) is 14.6 Å². The molecule has 0 radical (unpaired) electrons. The summed E-state index contributed by atoms with van der Waals surface area (Å²) in [6, 6.07) is 4.62. The summed E-state index contributed by atoms with van der Waals surface area (Å²) in [5.74, 6) is -6.10. The van der Waals surface area contributed by atoms with Crippen molar-refractivity contribution in [1.29, 1.82) is 0 Å². The van der Waals surface area contributed by atoms with Gasteiger partial charge in [-0.05, 0) is 36.8 Å². The van der Waals surface area contributed by atoms with E-state index in [2.05, 4.69) is 40.9 Å². The lowest BCUT2D eigenvalue weighted by Gasteiger charge is -2.11. The number of amides is 2. The van der Waals surface area contributed by atoms with Crippen LogP contribution >= 0.6 is 11.3 Å². The molecular formula is C26H23F7N8O3S. The van der Waals surface area contributed by atoms with Crippen LogP contribution in [0.1, 0.15) is 45.7 Å². The average Bonchev–Trinajstić information content (AvgIpc) is 3.61. The molecule has 19 heteroatoms. The summed E-state index contributed by atoms with van der Waals surface area (Å²) < 4.78 is 97.7. The van der Waals surface area contributed by atoms with Gasteiger partial charge >= 0.3 is 6.36 Å². The Kier molecular flexibility index (Phi) is 10.3. The van der Waals surface area contributed by atoms with Crippen molar-refractivity contribution in [2.24, 2.45) is 0 Å². The fourth-order valence-electron chi connectivity index (χ4n) is 3.80. The van der Waals surface area contributed by atoms with Crippen molar-refractivity contribution in [3.05, 3.63) is 76.1 Å². The van der Waals surface area contributed by atoms with Gasteiger partial charge in [0, 0.05) is 30.7 Å². The lowest BCUT2D eigenvalue weighted by molar-refractivity contribution is -0.274. The minimum Gasteiger partial charge on any atom is -0.406 e. The number of nitrogens with zero attached hydrogens (tertiary/aromatic N) is 6. The Bertz CT molecular complexity index is 1640. The van der Waals surface area contributed by atoms with Crippen LogP contribution in [0.5, 0.6) is 5.75 Å². The third-order valence-corrected chi connectivity index (χ3v) is 6.79. The number of alkyl halides is 6. The van der Waals surface area contributed by atoms with E-state index in [0.717, 1.165) is 41.1 Å². The number of carbonyl (C=O) groups excluding carboxylic acids is 2. The molecule has 45 heavy (non-hydrogen) atoms. The van der Waals surface area contributed by atoms with Gasteiger partial charge in [-0.2, -0.15) is 0 Å². The largest absolute Gasteiger partial charge is 0.573 e. The minimum absolute atomic E-state index is 0.0192. The van der Waals surface area contributed by atoms with Crippen LogP contribution < -0.4 is 15.4 Å². The molecule has 0 fully saturated rings. The van der Waals surface area contributed by atoms with Crippen molar-refractivity contribution in [3.8, 4) is 5.75 Å². The van der Waals surface area contributed by atoms with Crippen LogP contribution in [0.3, 0.4) is 0 Å². The molecule has 0 saturated heterocycles. The summed E-state index contributed by atoms with van der Waals surface area (Å²) in [7, 11) is 0. The third kappa shape index (κ3) is 10.2. The molecule has 0 aliphatic carbocycles. The molecule has 4 rings (SSSR count). The number of anilines is 1. The van der Waals surface area contributed by atoms with Crippen LogP contribution in [-0.2, 0) is 36.6 Å². The fraction of sp³-hybridized carbons (Fsp3) is 0.346. The lowest BCUT2D eigenvalue weighted by atomic mass is 10.1. The Labute approximate surface area is 253 Å². The van der Waals surface area contributed by atoms with Gasteiger partial charge in [0.1, 0.15) is 22.7 Å². The maximum Gasteiger partial charge on any atom is 0.573 e. The van der Waals surface area contributed by atoms with E-state index in [4.69, 9.17) is 0 Å². The molecule has 4 aromatic rings. The molecule has 3 aromatic heterocycles. The van der Waals surface area contributed by atoms with Crippen LogP contribution in [-0.4, -0.2) is 54.5 Å². The molecule has 0 aliphatic rings. The minimum atomic E-state index is -4.98. The Morgan fingerprint density at radius 2 is 1.87 bits per heavy atom. The van der Waals surface area contributed by atoms with Gasteiger partial charge in [0.2, 0.25) is 11.0 Å². The molecule has 0 bridgehead atoms. The molecule has 1 atom stereocenters. The monoisotopic (exact) mass is 660 g/mol. The lowest BCUT2D eigenvalue weighted by Crippen LogP contribution is -2.24. The number of aromatic nitrogens is 6. The number of hydrogen-bond acceptors (Lipinski definition) is 9. The van der Waals surface area contributed by atoms with Gasteiger partial charge < -0.3 is 15.4 Å². The predicted molar refractivity (Wildman–Crippen MR) is 144 cm³/mol. The number of nitrogens with one attached hydrogen (secondary N) is 2. The van der Waals surface area contributed by atoms with E-state index < -0.39 is 48.3 Å². The van der Waals surface area contributed by atoms with Crippen molar-refractivity contribution in [1.82, 2.24) is 35.5 Å². The van der Waals surface area contributed by atoms with E-state index in [1.807, 2.05) is 0 Å². The quantitative estimate of drug-likeness (QED) is 0.196. The van der Waals surface area contributed by atoms with E-state index in [1.165, 1.54) is 24.5 Å².